The summed E-state index contributed by atoms with van der Waals surface area (Å²) in [4.78, 5) is 11.0. The predicted molar refractivity (Wildman–Crippen MR) is 44.0 cm³/mol. The summed E-state index contributed by atoms with van der Waals surface area (Å²) in [5.74, 6) is 0.107. The maximum Gasteiger partial charge on any atom is 0.138 e. The van der Waals surface area contributed by atoms with Gasteiger partial charge in [-0.15, -0.1) is 5.16 Å². The van der Waals surface area contributed by atoms with Gasteiger partial charge < -0.3 is 5.21 Å². The van der Waals surface area contributed by atoms with Crippen molar-refractivity contribution in [2.75, 3.05) is 0 Å². The van der Waals surface area contributed by atoms with E-state index in [0.29, 0.717) is 6.42 Å². The maximum atomic E-state index is 11.0. The molecule has 0 radical (unpaired) electrons. The minimum Gasteiger partial charge on any atom is -0.411 e. The Morgan fingerprint density at radius 2 is 2.09 bits per heavy atom. The van der Waals surface area contributed by atoms with Crippen LogP contribution < -0.4 is 0 Å². The van der Waals surface area contributed by atoms with Crippen molar-refractivity contribution in [2.24, 2.45) is 10.6 Å². The van der Waals surface area contributed by atoms with Gasteiger partial charge in [0.2, 0.25) is 0 Å². The summed E-state index contributed by atoms with van der Waals surface area (Å²) in [5, 5.41) is 10.8. The van der Waals surface area contributed by atoms with Gasteiger partial charge in [-0.25, -0.2) is 0 Å². The fourth-order valence-electron chi connectivity index (χ4n) is 0.806. The molecule has 0 saturated heterocycles. The Balaban J connectivity index is 3.70. The zero-order valence-electron chi connectivity index (χ0n) is 7.29. The van der Waals surface area contributed by atoms with Crippen molar-refractivity contribution >= 4 is 12.0 Å². The molecule has 11 heavy (non-hydrogen) atoms. The van der Waals surface area contributed by atoms with Gasteiger partial charge in [-0.05, 0) is 5.41 Å². The molecule has 1 N–H and O–H groups in total. The van der Waals surface area contributed by atoms with Crippen LogP contribution in [0.25, 0.3) is 0 Å². The smallest absolute Gasteiger partial charge is 0.138 e. The lowest BCUT2D eigenvalue weighted by molar-refractivity contribution is -0.119. The summed E-state index contributed by atoms with van der Waals surface area (Å²) in [6.45, 7) is 6.00. The highest BCUT2D eigenvalue weighted by atomic mass is 16.4. The lowest BCUT2D eigenvalue weighted by Crippen LogP contribution is -2.12. The van der Waals surface area contributed by atoms with E-state index >= 15 is 0 Å². The summed E-state index contributed by atoms with van der Waals surface area (Å²) in [6, 6.07) is 0. The highest BCUT2D eigenvalue weighted by Crippen LogP contribution is 2.18. The number of hydrogen-bond donors (Lipinski definition) is 1. The Labute approximate surface area is 67.1 Å². The van der Waals surface area contributed by atoms with E-state index in [9.17, 15) is 4.79 Å². The lowest BCUT2D eigenvalue weighted by Gasteiger charge is -2.15. The molecule has 0 saturated carbocycles. The van der Waals surface area contributed by atoms with E-state index in [1.807, 2.05) is 20.8 Å². The number of Topliss-reactive ketones (excluding diaryl/α,β-unsaturated/α-hetero) is 1. The molecule has 0 heterocycles. The van der Waals surface area contributed by atoms with Crippen molar-refractivity contribution in [3.63, 3.8) is 0 Å². The Morgan fingerprint density at radius 3 is 2.45 bits per heavy atom. The SMILES string of the molecule is CC(C)(C)CC(=O)C/C=N/O. The molecule has 3 nitrogen and oxygen atoms in total. The van der Waals surface area contributed by atoms with Crippen molar-refractivity contribution in [1.82, 2.24) is 0 Å². The zero-order valence-corrected chi connectivity index (χ0v) is 7.29. The molecule has 0 rings (SSSR count). The van der Waals surface area contributed by atoms with Gasteiger partial charge in [-0.3, -0.25) is 4.79 Å². The molecule has 0 fully saturated rings. The Kier molecular flexibility index (Phi) is 3.79. The molecule has 0 aromatic heterocycles. The molecule has 0 bridgehead atoms. The largest absolute Gasteiger partial charge is 0.411 e. The average Bonchev–Trinajstić information content (AvgIpc) is 1.79. The van der Waals surface area contributed by atoms with Crippen molar-refractivity contribution in [1.29, 1.82) is 0 Å². The van der Waals surface area contributed by atoms with Gasteiger partial charge in [0.05, 0.1) is 6.21 Å². The van der Waals surface area contributed by atoms with E-state index in [2.05, 4.69) is 5.16 Å². The third kappa shape index (κ3) is 7.03. The maximum absolute atomic E-state index is 11.0. The standard InChI is InChI=1S/C8H15NO2/c1-8(2,3)6-7(10)4-5-9-11/h5,11H,4,6H2,1-3H3/b9-5+. The summed E-state index contributed by atoms with van der Waals surface area (Å²) in [5.41, 5.74) is 0.0282. The van der Waals surface area contributed by atoms with Crippen LogP contribution in [0, 0.1) is 5.41 Å². The van der Waals surface area contributed by atoms with E-state index in [1.165, 1.54) is 6.21 Å². The van der Waals surface area contributed by atoms with E-state index in [4.69, 9.17) is 5.21 Å². The van der Waals surface area contributed by atoms with E-state index in [1.54, 1.807) is 0 Å². The van der Waals surface area contributed by atoms with Crippen LogP contribution in [0.3, 0.4) is 0 Å². The molecule has 0 aliphatic heterocycles. The minimum atomic E-state index is 0.0282. The lowest BCUT2D eigenvalue weighted by atomic mass is 9.89. The van der Waals surface area contributed by atoms with Crippen LogP contribution in [0.5, 0.6) is 0 Å². The molecule has 0 aliphatic rings. The predicted octanol–water partition coefficient (Wildman–Crippen LogP) is 1.84. The molecule has 64 valence electrons. The van der Waals surface area contributed by atoms with Crippen molar-refractivity contribution < 1.29 is 10.0 Å². The van der Waals surface area contributed by atoms with Crippen LogP contribution in [0.4, 0.5) is 0 Å². The second-order valence-electron chi connectivity index (χ2n) is 3.78. The molecule has 3 heteroatoms. The van der Waals surface area contributed by atoms with Gasteiger partial charge >= 0.3 is 0 Å². The third-order valence-corrected chi connectivity index (χ3v) is 1.13. The molecule has 0 spiro atoms. The first-order chi connectivity index (χ1) is 4.95. The Bertz CT molecular complexity index is 156. The van der Waals surface area contributed by atoms with Crippen molar-refractivity contribution in [3.8, 4) is 0 Å². The molecule has 0 aliphatic carbocycles. The van der Waals surface area contributed by atoms with E-state index in [-0.39, 0.29) is 17.6 Å². The summed E-state index contributed by atoms with van der Waals surface area (Å²) in [7, 11) is 0. The first-order valence-electron chi connectivity index (χ1n) is 3.63. The fourth-order valence-corrected chi connectivity index (χ4v) is 0.806. The van der Waals surface area contributed by atoms with E-state index < -0.39 is 0 Å². The first kappa shape index (κ1) is 10.1. The van der Waals surface area contributed by atoms with Crippen molar-refractivity contribution in [3.05, 3.63) is 0 Å². The Morgan fingerprint density at radius 1 is 1.55 bits per heavy atom. The van der Waals surface area contributed by atoms with Gasteiger partial charge in [0, 0.05) is 12.8 Å². The number of hydrogen-bond acceptors (Lipinski definition) is 3. The van der Waals surface area contributed by atoms with Gasteiger partial charge in [0.25, 0.3) is 0 Å². The summed E-state index contributed by atoms with van der Waals surface area (Å²) in [6.07, 6.45) is 1.97. The van der Waals surface area contributed by atoms with Crippen LogP contribution in [0.15, 0.2) is 5.16 Å². The second-order valence-corrected chi connectivity index (χ2v) is 3.78. The average molecular weight is 157 g/mol. The van der Waals surface area contributed by atoms with Gasteiger partial charge in [0.15, 0.2) is 0 Å². The molecule has 0 amide bonds. The van der Waals surface area contributed by atoms with Crippen LogP contribution in [0.1, 0.15) is 33.6 Å². The summed E-state index contributed by atoms with van der Waals surface area (Å²) < 4.78 is 0. The van der Waals surface area contributed by atoms with E-state index in [0.717, 1.165) is 0 Å². The van der Waals surface area contributed by atoms with Gasteiger partial charge in [0.1, 0.15) is 5.78 Å². The van der Waals surface area contributed by atoms with Gasteiger partial charge in [-0.1, -0.05) is 20.8 Å². The number of carbonyl (C=O) groups excluding carboxylic acids is 1. The second kappa shape index (κ2) is 4.11. The molecular weight excluding hydrogens is 142 g/mol. The Hall–Kier alpha value is -0.860. The number of oxime groups is 1. The van der Waals surface area contributed by atoms with Crippen molar-refractivity contribution in [2.45, 2.75) is 33.6 Å². The number of ketones is 1. The minimum absolute atomic E-state index is 0.0282. The number of rotatable bonds is 3. The van der Waals surface area contributed by atoms with Crippen LogP contribution >= 0.6 is 0 Å². The molecule has 0 unspecified atom stereocenters. The number of carbonyl (C=O) groups is 1. The normalized spacial score (nSPS) is 12.3. The molecular formula is C8H15NO2. The summed E-state index contributed by atoms with van der Waals surface area (Å²) >= 11 is 0. The molecule has 0 atom stereocenters. The van der Waals surface area contributed by atoms with Crippen LogP contribution in [-0.4, -0.2) is 17.2 Å². The number of nitrogens with zero attached hydrogens (tertiary/aromatic N) is 1. The highest BCUT2D eigenvalue weighted by molar-refractivity contribution is 5.91. The topological polar surface area (TPSA) is 49.7 Å². The highest BCUT2D eigenvalue weighted by Gasteiger charge is 2.14. The first-order valence-corrected chi connectivity index (χ1v) is 3.63. The molecule has 0 aromatic carbocycles. The van der Waals surface area contributed by atoms with Gasteiger partial charge in [-0.2, -0.15) is 0 Å². The van der Waals surface area contributed by atoms with Crippen LogP contribution in [-0.2, 0) is 4.79 Å². The third-order valence-electron chi connectivity index (χ3n) is 1.13. The monoisotopic (exact) mass is 157 g/mol. The fraction of sp³-hybridized carbons (Fsp3) is 0.750. The quantitative estimate of drug-likeness (QED) is 0.386. The molecule has 0 aromatic rings. The van der Waals surface area contributed by atoms with Crippen LogP contribution in [0.2, 0.25) is 0 Å². The zero-order chi connectivity index (χ0) is 8.91.